The minimum Gasteiger partial charge on any atom is -0.243 e. The molecule has 1 aromatic heterocycles. The molecular weight excluding hydrogens is 248 g/mol. The lowest BCUT2D eigenvalue weighted by Gasteiger charge is -2.23. The highest BCUT2D eigenvalue weighted by Gasteiger charge is 2.26. The molecule has 1 unspecified atom stereocenters. The molecule has 0 saturated heterocycles. The zero-order chi connectivity index (χ0) is 12.3. The molecule has 0 bridgehead atoms. The van der Waals surface area contributed by atoms with Crippen LogP contribution in [0.3, 0.4) is 0 Å². The van der Waals surface area contributed by atoms with Crippen LogP contribution in [0.2, 0.25) is 5.15 Å². The number of rotatable bonds is 4. The Balaban J connectivity index is 3.17. The Kier molecular flexibility index (Phi) is 4.29. The van der Waals surface area contributed by atoms with Gasteiger partial charge >= 0.3 is 0 Å². The van der Waals surface area contributed by atoms with Gasteiger partial charge in [0.2, 0.25) is 10.0 Å². The Bertz CT molecular complexity index is 462. The van der Waals surface area contributed by atoms with Gasteiger partial charge in [0.05, 0.1) is 0 Å². The van der Waals surface area contributed by atoms with Crippen LogP contribution in [0.5, 0.6) is 0 Å². The monoisotopic (exact) mass is 262 g/mol. The van der Waals surface area contributed by atoms with E-state index in [0.29, 0.717) is 0 Å². The highest BCUT2D eigenvalue weighted by molar-refractivity contribution is 7.89. The maximum atomic E-state index is 12.2. The largest absolute Gasteiger partial charge is 0.246 e. The lowest BCUT2D eigenvalue weighted by molar-refractivity contribution is 0.380. The molecule has 0 aromatic carbocycles. The van der Waals surface area contributed by atoms with Crippen LogP contribution in [0.4, 0.5) is 0 Å². The molecule has 1 rings (SSSR count). The van der Waals surface area contributed by atoms with Gasteiger partial charge in [0.1, 0.15) is 10.0 Å². The van der Waals surface area contributed by atoms with E-state index in [1.165, 1.54) is 16.6 Å². The fourth-order valence-corrected chi connectivity index (χ4v) is 3.07. The van der Waals surface area contributed by atoms with E-state index in [2.05, 4.69) is 4.98 Å². The molecule has 0 fully saturated rings. The van der Waals surface area contributed by atoms with E-state index in [1.54, 1.807) is 13.1 Å². The van der Waals surface area contributed by atoms with Gasteiger partial charge in [-0.3, -0.25) is 0 Å². The van der Waals surface area contributed by atoms with Crippen molar-refractivity contribution < 1.29 is 8.42 Å². The molecule has 0 saturated carbocycles. The van der Waals surface area contributed by atoms with Crippen molar-refractivity contribution in [3.63, 3.8) is 0 Å². The lowest BCUT2D eigenvalue weighted by atomic mass is 10.3. The Morgan fingerprint density at radius 3 is 2.69 bits per heavy atom. The molecule has 6 heteroatoms. The highest BCUT2D eigenvalue weighted by atomic mass is 35.5. The van der Waals surface area contributed by atoms with Gasteiger partial charge < -0.3 is 0 Å². The van der Waals surface area contributed by atoms with Crippen LogP contribution in [-0.2, 0) is 10.0 Å². The molecule has 0 spiro atoms. The van der Waals surface area contributed by atoms with Crippen molar-refractivity contribution in [3.8, 4) is 0 Å². The van der Waals surface area contributed by atoms with Gasteiger partial charge in [-0.05, 0) is 25.5 Å². The summed E-state index contributed by atoms with van der Waals surface area (Å²) in [6, 6.07) is 2.95. The topological polar surface area (TPSA) is 50.3 Å². The zero-order valence-corrected chi connectivity index (χ0v) is 11.1. The van der Waals surface area contributed by atoms with Gasteiger partial charge in [-0.2, -0.15) is 4.31 Å². The van der Waals surface area contributed by atoms with Gasteiger partial charge in [0, 0.05) is 19.3 Å². The number of sulfonamides is 1. The fraction of sp³-hybridized carbons (Fsp3) is 0.500. The molecule has 4 nitrogen and oxygen atoms in total. The average Bonchev–Trinajstić information content (AvgIpc) is 2.27. The number of aromatic nitrogens is 1. The van der Waals surface area contributed by atoms with Crippen molar-refractivity contribution in [1.82, 2.24) is 9.29 Å². The van der Waals surface area contributed by atoms with Crippen molar-refractivity contribution in [1.29, 1.82) is 0 Å². The van der Waals surface area contributed by atoms with E-state index < -0.39 is 10.0 Å². The lowest BCUT2D eigenvalue weighted by Crippen LogP contribution is -2.34. The SMILES string of the molecule is CCC(C)N(C)S(=O)(=O)c1cccnc1Cl. The van der Waals surface area contributed by atoms with Gasteiger partial charge in [0.15, 0.2) is 0 Å². The molecule has 0 aliphatic carbocycles. The van der Waals surface area contributed by atoms with Crippen LogP contribution in [-0.4, -0.2) is 30.8 Å². The second kappa shape index (κ2) is 5.12. The van der Waals surface area contributed by atoms with Crippen molar-refractivity contribution in [3.05, 3.63) is 23.5 Å². The quantitative estimate of drug-likeness (QED) is 0.782. The summed E-state index contributed by atoms with van der Waals surface area (Å²) in [4.78, 5) is 3.83. The fourth-order valence-electron chi connectivity index (χ4n) is 1.21. The Morgan fingerprint density at radius 1 is 1.56 bits per heavy atom. The van der Waals surface area contributed by atoms with Crippen LogP contribution in [0.1, 0.15) is 20.3 Å². The summed E-state index contributed by atoms with van der Waals surface area (Å²) in [5.41, 5.74) is 0. The first-order valence-corrected chi connectivity index (χ1v) is 6.81. The first-order valence-electron chi connectivity index (χ1n) is 4.99. The minimum atomic E-state index is -3.54. The third kappa shape index (κ3) is 2.53. The number of nitrogens with zero attached hydrogens (tertiary/aromatic N) is 2. The highest BCUT2D eigenvalue weighted by Crippen LogP contribution is 2.23. The van der Waals surface area contributed by atoms with Gasteiger partial charge in [-0.25, -0.2) is 13.4 Å². The minimum absolute atomic E-state index is 0.0117. The smallest absolute Gasteiger partial charge is 0.243 e. The van der Waals surface area contributed by atoms with E-state index in [0.717, 1.165) is 6.42 Å². The Labute approximate surface area is 101 Å². The van der Waals surface area contributed by atoms with Gasteiger partial charge in [0.25, 0.3) is 0 Å². The summed E-state index contributed by atoms with van der Waals surface area (Å²) in [7, 11) is -1.99. The first kappa shape index (κ1) is 13.4. The number of pyridine rings is 1. The average molecular weight is 263 g/mol. The molecule has 90 valence electrons. The second-order valence-corrected chi connectivity index (χ2v) is 5.89. The zero-order valence-electron chi connectivity index (χ0n) is 9.51. The summed E-state index contributed by atoms with van der Waals surface area (Å²) in [6.07, 6.45) is 2.21. The Hall–Kier alpha value is -0.650. The first-order chi connectivity index (χ1) is 7.41. The van der Waals surface area contributed by atoms with Crippen LogP contribution >= 0.6 is 11.6 Å². The molecule has 16 heavy (non-hydrogen) atoms. The molecule has 0 radical (unpaired) electrons. The van der Waals surface area contributed by atoms with Crippen molar-refractivity contribution >= 4 is 21.6 Å². The molecule has 0 aliphatic rings. The van der Waals surface area contributed by atoms with Gasteiger partial charge in [-0.1, -0.05) is 18.5 Å². The number of hydrogen-bond acceptors (Lipinski definition) is 3. The molecule has 1 atom stereocenters. The summed E-state index contributed by atoms with van der Waals surface area (Å²) in [5, 5.41) is 0.0117. The van der Waals surface area contributed by atoms with E-state index in [9.17, 15) is 8.42 Å². The summed E-state index contributed by atoms with van der Waals surface area (Å²) >= 11 is 5.78. The molecule has 0 N–H and O–H groups in total. The molecular formula is C10H15ClN2O2S. The predicted octanol–water partition coefficient (Wildman–Crippen LogP) is 2.15. The maximum absolute atomic E-state index is 12.2. The molecule has 0 amide bonds. The van der Waals surface area contributed by atoms with E-state index >= 15 is 0 Å². The van der Waals surface area contributed by atoms with Crippen LogP contribution < -0.4 is 0 Å². The summed E-state index contributed by atoms with van der Waals surface area (Å²) in [6.45, 7) is 3.78. The van der Waals surface area contributed by atoms with Crippen molar-refractivity contribution in [2.24, 2.45) is 0 Å². The number of halogens is 1. The normalized spacial score (nSPS) is 14.1. The number of hydrogen-bond donors (Lipinski definition) is 0. The standard InChI is InChI=1S/C10H15ClN2O2S/c1-4-8(2)13(3)16(14,15)9-6-5-7-12-10(9)11/h5-8H,4H2,1-3H3. The Morgan fingerprint density at radius 2 is 2.19 bits per heavy atom. The van der Waals surface area contributed by atoms with Crippen LogP contribution in [0.25, 0.3) is 0 Å². The third-order valence-electron chi connectivity index (χ3n) is 2.59. The second-order valence-electron chi connectivity index (χ2n) is 3.57. The maximum Gasteiger partial charge on any atom is 0.246 e. The van der Waals surface area contributed by atoms with E-state index in [4.69, 9.17) is 11.6 Å². The van der Waals surface area contributed by atoms with Crippen molar-refractivity contribution in [2.75, 3.05) is 7.05 Å². The summed E-state index contributed by atoms with van der Waals surface area (Å²) in [5.74, 6) is 0. The van der Waals surface area contributed by atoms with Crippen molar-refractivity contribution in [2.45, 2.75) is 31.2 Å². The predicted molar refractivity (Wildman–Crippen MR) is 63.9 cm³/mol. The van der Waals surface area contributed by atoms with Crippen LogP contribution in [0.15, 0.2) is 23.2 Å². The molecule has 1 aromatic rings. The van der Waals surface area contributed by atoms with E-state index in [1.807, 2.05) is 13.8 Å². The molecule has 0 aliphatic heterocycles. The van der Waals surface area contributed by atoms with E-state index in [-0.39, 0.29) is 16.1 Å². The third-order valence-corrected chi connectivity index (χ3v) is 5.01. The molecule has 1 heterocycles. The summed E-state index contributed by atoms with van der Waals surface area (Å²) < 4.78 is 25.6. The van der Waals surface area contributed by atoms with Gasteiger partial charge in [-0.15, -0.1) is 0 Å². The van der Waals surface area contributed by atoms with Crippen LogP contribution in [0, 0.1) is 0 Å².